The lowest BCUT2D eigenvalue weighted by Gasteiger charge is -2.34. The smallest absolute Gasteiger partial charge is 0.193 e. The van der Waals surface area contributed by atoms with Crippen LogP contribution in [0.3, 0.4) is 0 Å². The van der Waals surface area contributed by atoms with Gasteiger partial charge < -0.3 is 24.6 Å². The Kier molecular flexibility index (Phi) is 7.78. The molecule has 0 amide bonds. The second-order valence-electron chi connectivity index (χ2n) is 7.25. The van der Waals surface area contributed by atoms with E-state index in [9.17, 15) is 0 Å². The highest BCUT2D eigenvalue weighted by molar-refractivity contribution is 9.10. The number of nitrogens with zero attached hydrogens (tertiary/aromatic N) is 5. The molecule has 2 rings (SSSR count). The summed E-state index contributed by atoms with van der Waals surface area (Å²) in [6, 6.07) is 2.15. The van der Waals surface area contributed by atoms with Gasteiger partial charge in [-0.05, 0) is 35.0 Å². The van der Waals surface area contributed by atoms with E-state index in [0.29, 0.717) is 5.92 Å². The number of aliphatic imine (C=N–C) groups is 1. The maximum absolute atomic E-state index is 4.44. The minimum atomic E-state index is 0.595. The highest BCUT2D eigenvalue weighted by atomic mass is 79.9. The Balaban J connectivity index is 1.78. The van der Waals surface area contributed by atoms with E-state index in [4.69, 9.17) is 0 Å². The topological polar surface area (TPSA) is 39.0 Å². The average Bonchev–Trinajstić information content (AvgIpc) is 2.87. The third kappa shape index (κ3) is 6.31. The zero-order chi connectivity index (χ0) is 18.4. The van der Waals surface area contributed by atoms with Gasteiger partial charge in [-0.3, -0.25) is 4.99 Å². The first-order valence-electron chi connectivity index (χ1n) is 9.02. The van der Waals surface area contributed by atoms with E-state index >= 15 is 0 Å². The van der Waals surface area contributed by atoms with Crippen LogP contribution < -0.4 is 5.32 Å². The second-order valence-corrected chi connectivity index (χ2v) is 8.17. The van der Waals surface area contributed by atoms with Crippen molar-refractivity contribution in [3.8, 4) is 0 Å². The van der Waals surface area contributed by atoms with Crippen molar-refractivity contribution in [3.05, 3.63) is 22.4 Å². The summed E-state index contributed by atoms with van der Waals surface area (Å²) in [6.45, 7) is 9.94. The van der Waals surface area contributed by atoms with Crippen LogP contribution in [0.4, 0.5) is 0 Å². The van der Waals surface area contributed by atoms with E-state index in [1.807, 2.05) is 7.05 Å². The fraction of sp³-hybridized carbons (Fsp3) is 0.722. The third-order valence-corrected chi connectivity index (χ3v) is 5.26. The van der Waals surface area contributed by atoms with Gasteiger partial charge in [0.15, 0.2) is 5.96 Å². The van der Waals surface area contributed by atoms with Gasteiger partial charge in [-0.1, -0.05) is 6.92 Å². The molecular weight excluding hydrogens is 380 g/mol. The number of aryl methyl sites for hydroxylation is 1. The molecule has 1 aromatic heterocycles. The second kappa shape index (κ2) is 9.59. The van der Waals surface area contributed by atoms with Crippen molar-refractivity contribution < 1.29 is 0 Å². The van der Waals surface area contributed by atoms with E-state index in [2.05, 4.69) is 85.8 Å². The van der Waals surface area contributed by atoms with Crippen LogP contribution in [-0.4, -0.2) is 85.6 Å². The molecule has 0 aromatic carbocycles. The standard InChI is InChI=1S/C18H33BrN6/c1-15(12-25-8-6-22(3)7-9-25)11-21-18(20-2)24(5)14-17-10-16(19)13-23(17)4/h10,13,15H,6-9,11-12,14H2,1-5H3,(H,20,21). The van der Waals surface area contributed by atoms with E-state index < -0.39 is 0 Å². The van der Waals surface area contributed by atoms with Crippen molar-refractivity contribution >= 4 is 21.9 Å². The highest BCUT2D eigenvalue weighted by Gasteiger charge is 2.17. The molecule has 2 heterocycles. The molecule has 1 unspecified atom stereocenters. The van der Waals surface area contributed by atoms with Gasteiger partial charge in [0.2, 0.25) is 0 Å². The van der Waals surface area contributed by atoms with Crippen LogP contribution in [0.1, 0.15) is 12.6 Å². The molecule has 0 aliphatic carbocycles. The summed E-state index contributed by atoms with van der Waals surface area (Å²) in [4.78, 5) is 11.6. The molecule has 1 N–H and O–H groups in total. The van der Waals surface area contributed by atoms with Crippen molar-refractivity contribution in [3.63, 3.8) is 0 Å². The lowest BCUT2D eigenvalue weighted by atomic mass is 10.1. The monoisotopic (exact) mass is 412 g/mol. The Hall–Kier alpha value is -1.05. The zero-order valence-corrected chi connectivity index (χ0v) is 17.9. The van der Waals surface area contributed by atoms with Crippen LogP contribution in [0.5, 0.6) is 0 Å². The lowest BCUT2D eigenvalue weighted by molar-refractivity contribution is 0.139. The number of rotatable bonds is 6. The van der Waals surface area contributed by atoms with Gasteiger partial charge >= 0.3 is 0 Å². The summed E-state index contributed by atoms with van der Waals surface area (Å²) in [5.41, 5.74) is 1.25. The molecule has 1 aliphatic heterocycles. The SMILES string of the molecule is CN=C(NCC(C)CN1CCN(C)CC1)N(C)Cc1cc(Br)cn1C. The molecule has 0 radical (unpaired) electrons. The van der Waals surface area contributed by atoms with Gasteiger partial charge in [0.1, 0.15) is 0 Å². The molecule has 6 nitrogen and oxygen atoms in total. The molecule has 142 valence electrons. The van der Waals surface area contributed by atoms with Crippen LogP contribution in [0.15, 0.2) is 21.7 Å². The fourth-order valence-corrected chi connectivity index (χ4v) is 3.80. The predicted octanol–water partition coefficient (Wildman–Crippen LogP) is 1.68. The first-order chi connectivity index (χ1) is 11.9. The van der Waals surface area contributed by atoms with Crippen molar-refractivity contribution in [1.29, 1.82) is 0 Å². The van der Waals surface area contributed by atoms with Crippen molar-refractivity contribution in [2.24, 2.45) is 18.0 Å². The number of piperazine rings is 1. The summed E-state index contributed by atoms with van der Waals surface area (Å²) in [5.74, 6) is 1.54. The number of hydrogen-bond acceptors (Lipinski definition) is 3. The molecule has 1 saturated heterocycles. The van der Waals surface area contributed by atoms with Gasteiger partial charge in [0.05, 0.1) is 6.54 Å². The van der Waals surface area contributed by atoms with Crippen molar-refractivity contribution in [1.82, 2.24) is 24.6 Å². The van der Waals surface area contributed by atoms with Gasteiger partial charge in [0.25, 0.3) is 0 Å². The summed E-state index contributed by atoms with van der Waals surface area (Å²) in [7, 11) is 8.21. The summed E-state index contributed by atoms with van der Waals surface area (Å²) >= 11 is 3.53. The maximum Gasteiger partial charge on any atom is 0.193 e. The lowest BCUT2D eigenvalue weighted by Crippen LogP contribution is -2.47. The molecule has 1 aromatic rings. The molecule has 0 saturated carbocycles. The van der Waals surface area contributed by atoms with Crippen LogP contribution in [0.2, 0.25) is 0 Å². The normalized spacial score (nSPS) is 18.4. The van der Waals surface area contributed by atoms with Gasteiger partial charge in [-0.15, -0.1) is 0 Å². The molecule has 7 heteroatoms. The molecule has 1 fully saturated rings. The largest absolute Gasteiger partial charge is 0.356 e. The Morgan fingerprint density at radius 3 is 2.56 bits per heavy atom. The molecule has 0 bridgehead atoms. The Labute approximate surface area is 161 Å². The maximum atomic E-state index is 4.44. The summed E-state index contributed by atoms with van der Waals surface area (Å²) < 4.78 is 3.26. The molecule has 25 heavy (non-hydrogen) atoms. The van der Waals surface area contributed by atoms with E-state index in [1.54, 1.807) is 0 Å². The quantitative estimate of drug-likeness (QED) is 0.569. The van der Waals surface area contributed by atoms with Crippen molar-refractivity contribution in [2.45, 2.75) is 13.5 Å². The van der Waals surface area contributed by atoms with Gasteiger partial charge in [-0.2, -0.15) is 0 Å². The number of likely N-dealkylation sites (N-methyl/N-ethyl adjacent to an activating group) is 1. The predicted molar refractivity (Wildman–Crippen MR) is 109 cm³/mol. The average molecular weight is 413 g/mol. The van der Waals surface area contributed by atoms with Crippen LogP contribution in [-0.2, 0) is 13.6 Å². The minimum Gasteiger partial charge on any atom is -0.356 e. The molecule has 0 spiro atoms. The fourth-order valence-electron chi connectivity index (χ4n) is 3.23. The Morgan fingerprint density at radius 1 is 1.32 bits per heavy atom. The van der Waals surface area contributed by atoms with Crippen molar-refractivity contribution in [2.75, 3.05) is 60.4 Å². The number of halogens is 1. The minimum absolute atomic E-state index is 0.595. The molecule has 1 atom stereocenters. The number of nitrogens with one attached hydrogen (secondary N) is 1. The molecule has 1 aliphatic rings. The Morgan fingerprint density at radius 2 is 2.00 bits per heavy atom. The van der Waals surface area contributed by atoms with Crippen LogP contribution in [0, 0.1) is 5.92 Å². The van der Waals surface area contributed by atoms with Gasteiger partial charge in [0, 0.05) is 76.8 Å². The Bertz CT molecular complexity index is 562. The first-order valence-corrected chi connectivity index (χ1v) is 9.81. The van der Waals surface area contributed by atoms with Crippen LogP contribution in [0.25, 0.3) is 0 Å². The zero-order valence-electron chi connectivity index (χ0n) is 16.3. The van der Waals surface area contributed by atoms with Gasteiger partial charge in [-0.25, -0.2) is 0 Å². The molecular formula is C18H33BrN6. The highest BCUT2D eigenvalue weighted by Crippen LogP contribution is 2.15. The van der Waals surface area contributed by atoms with E-state index in [1.165, 1.54) is 31.9 Å². The third-order valence-electron chi connectivity index (χ3n) is 4.82. The number of hydrogen-bond donors (Lipinski definition) is 1. The first kappa shape index (κ1) is 20.3. The number of aromatic nitrogens is 1. The van der Waals surface area contributed by atoms with E-state index in [0.717, 1.165) is 30.1 Å². The van der Waals surface area contributed by atoms with Crippen LogP contribution >= 0.6 is 15.9 Å². The van der Waals surface area contributed by atoms with E-state index in [-0.39, 0.29) is 0 Å². The number of guanidine groups is 1. The summed E-state index contributed by atoms with van der Waals surface area (Å²) in [5, 5.41) is 3.53. The summed E-state index contributed by atoms with van der Waals surface area (Å²) in [6.07, 6.45) is 2.08.